The molecule has 6 nitrogen and oxygen atoms in total. The average molecular weight is 487 g/mol. The summed E-state index contributed by atoms with van der Waals surface area (Å²) in [4.78, 5) is 32.4. The molecule has 4 atom stereocenters. The average Bonchev–Trinajstić information content (AvgIpc) is 3.42. The van der Waals surface area contributed by atoms with E-state index in [9.17, 15) is 14.7 Å². The van der Waals surface area contributed by atoms with Crippen molar-refractivity contribution in [2.75, 3.05) is 13.2 Å². The Kier molecular flexibility index (Phi) is 7.06. The summed E-state index contributed by atoms with van der Waals surface area (Å²) in [5, 5.41) is 9.66. The monoisotopic (exact) mass is 486 g/mol. The highest BCUT2D eigenvalue weighted by atomic mass is 16.5. The number of hydrogen-bond acceptors (Lipinski definition) is 5. The van der Waals surface area contributed by atoms with Gasteiger partial charge in [0.2, 0.25) is 11.8 Å². The van der Waals surface area contributed by atoms with Gasteiger partial charge in [0.1, 0.15) is 5.75 Å². The molecule has 1 aromatic heterocycles. The number of benzene rings is 1. The van der Waals surface area contributed by atoms with Gasteiger partial charge in [-0.05, 0) is 79.2 Å². The maximum absolute atomic E-state index is 13.3. The molecule has 0 radical (unpaired) electrons. The highest BCUT2D eigenvalue weighted by Crippen LogP contribution is 2.50. The van der Waals surface area contributed by atoms with Gasteiger partial charge in [-0.1, -0.05) is 37.6 Å². The minimum absolute atomic E-state index is 0.00128. The standard InChI is InChI=1S/C30H34N2O4/c1-3-15-32-29(34)23-17-20(4-2)27-24(28(23)30(32)35)18-36-26(27)13-10-21(25-7-5-6-14-31-25)16-19-8-11-22(33)12-9-19/h5-9,11-12,14,16,23-24,26,28,33H,3-4,10,13,15,17-18H2,1-2H3/b21-16-/t23-,24+,26-,28-/m1/s1. The molecule has 0 spiro atoms. The Balaban J connectivity index is 1.40. The Labute approximate surface area is 212 Å². The summed E-state index contributed by atoms with van der Waals surface area (Å²) in [6, 6.07) is 13.1. The molecule has 1 aliphatic carbocycles. The molecular formula is C30H34N2O4. The molecule has 2 amide bonds. The van der Waals surface area contributed by atoms with Crippen molar-refractivity contribution < 1.29 is 19.4 Å². The second-order valence-corrected chi connectivity index (χ2v) is 10.0. The van der Waals surface area contributed by atoms with E-state index in [2.05, 4.69) is 18.0 Å². The molecule has 1 N–H and O–H groups in total. The van der Waals surface area contributed by atoms with E-state index in [1.165, 1.54) is 16.0 Å². The molecular weight excluding hydrogens is 452 g/mol. The van der Waals surface area contributed by atoms with Crippen molar-refractivity contribution in [3.05, 3.63) is 71.1 Å². The molecule has 2 saturated heterocycles. The summed E-state index contributed by atoms with van der Waals surface area (Å²) in [7, 11) is 0. The van der Waals surface area contributed by atoms with Gasteiger partial charge in [-0.25, -0.2) is 0 Å². The Hall–Kier alpha value is -3.25. The van der Waals surface area contributed by atoms with E-state index in [-0.39, 0.29) is 41.4 Å². The van der Waals surface area contributed by atoms with Crippen LogP contribution in [0.5, 0.6) is 5.75 Å². The first-order valence-electron chi connectivity index (χ1n) is 13.1. The van der Waals surface area contributed by atoms with Crippen LogP contribution in [-0.4, -0.2) is 46.1 Å². The SMILES string of the molecule is CCCN1C(=O)[C@@H]2[C@@H](CC(CC)=C3[C@@H](CC/C(=C/c4ccc(O)cc4)c4ccccn4)OC[C@@H]32)C1=O. The minimum Gasteiger partial charge on any atom is -0.508 e. The number of aromatic hydroxyl groups is 1. The van der Waals surface area contributed by atoms with Crippen molar-refractivity contribution in [1.82, 2.24) is 9.88 Å². The Morgan fingerprint density at radius 3 is 2.61 bits per heavy atom. The summed E-state index contributed by atoms with van der Waals surface area (Å²) in [6.45, 7) is 5.16. The number of fused-ring (bicyclic) bond motifs is 3. The van der Waals surface area contributed by atoms with Crippen molar-refractivity contribution in [3.8, 4) is 5.75 Å². The van der Waals surface area contributed by atoms with Crippen LogP contribution < -0.4 is 0 Å². The van der Waals surface area contributed by atoms with Crippen LogP contribution in [0.3, 0.4) is 0 Å². The Morgan fingerprint density at radius 2 is 1.92 bits per heavy atom. The van der Waals surface area contributed by atoms with E-state index in [1.807, 2.05) is 37.3 Å². The van der Waals surface area contributed by atoms with Crippen molar-refractivity contribution in [3.63, 3.8) is 0 Å². The number of phenols is 1. The third kappa shape index (κ3) is 4.50. The number of likely N-dealkylation sites (tertiary alicyclic amines) is 1. The molecule has 3 aliphatic rings. The molecule has 2 aromatic rings. The molecule has 6 heteroatoms. The second kappa shape index (κ2) is 10.4. The predicted octanol–water partition coefficient (Wildman–Crippen LogP) is 5.24. The molecule has 5 rings (SSSR count). The van der Waals surface area contributed by atoms with Crippen molar-refractivity contribution in [2.24, 2.45) is 17.8 Å². The zero-order chi connectivity index (χ0) is 25.2. The van der Waals surface area contributed by atoms with Crippen LogP contribution in [0.25, 0.3) is 11.6 Å². The van der Waals surface area contributed by atoms with Gasteiger partial charge < -0.3 is 9.84 Å². The number of carbonyl (C=O) groups is 2. The first-order valence-corrected chi connectivity index (χ1v) is 13.1. The highest BCUT2D eigenvalue weighted by Gasteiger charge is 2.56. The minimum atomic E-state index is -0.276. The van der Waals surface area contributed by atoms with Gasteiger partial charge in [0.15, 0.2) is 0 Å². The maximum Gasteiger partial charge on any atom is 0.233 e. The van der Waals surface area contributed by atoms with Gasteiger partial charge in [-0.2, -0.15) is 0 Å². The molecule has 188 valence electrons. The Morgan fingerprint density at radius 1 is 1.11 bits per heavy atom. The molecule has 0 bridgehead atoms. The lowest BCUT2D eigenvalue weighted by Gasteiger charge is -2.31. The van der Waals surface area contributed by atoms with E-state index < -0.39 is 0 Å². The molecule has 0 saturated carbocycles. The molecule has 2 fully saturated rings. The van der Waals surface area contributed by atoms with Crippen LogP contribution >= 0.6 is 0 Å². The van der Waals surface area contributed by atoms with Gasteiger partial charge in [-0.3, -0.25) is 19.5 Å². The lowest BCUT2D eigenvalue weighted by atomic mass is 9.69. The fraction of sp³-hybridized carbons (Fsp3) is 0.433. The number of nitrogens with zero attached hydrogens (tertiary/aromatic N) is 2. The van der Waals surface area contributed by atoms with E-state index in [1.54, 1.807) is 18.3 Å². The molecule has 2 aliphatic heterocycles. The maximum atomic E-state index is 13.3. The number of hydrogen-bond donors (Lipinski definition) is 1. The largest absolute Gasteiger partial charge is 0.508 e. The number of amides is 2. The predicted molar refractivity (Wildman–Crippen MR) is 139 cm³/mol. The topological polar surface area (TPSA) is 79.7 Å². The van der Waals surface area contributed by atoms with Gasteiger partial charge in [-0.15, -0.1) is 0 Å². The van der Waals surface area contributed by atoms with E-state index >= 15 is 0 Å². The van der Waals surface area contributed by atoms with Gasteiger partial charge >= 0.3 is 0 Å². The Bertz CT molecular complexity index is 1190. The number of aromatic nitrogens is 1. The van der Waals surface area contributed by atoms with Crippen LogP contribution in [0.1, 0.15) is 57.2 Å². The van der Waals surface area contributed by atoms with E-state index in [0.717, 1.165) is 42.5 Å². The van der Waals surface area contributed by atoms with Crippen LogP contribution in [0.4, 0.5) is 0 Å². The fourth-order valence-electron chi connectivity index (χ4n) is 6.21. The summed E-state index contributed by atoms with van der Waals surface area (Å²) in [5.41, 5.74) is 5.58. The quantitative estimate of drug-likeness (QED) is 0.408. The van der Waals surface area contributed by atoms with Crippen LogP contribution in [-0.2, 0) is 14.3 Å². The number of carbonyl (C=O) groups excluding carboxylic acids is 2. The van der Waals surface area contributed by atoms with Crippen molar-refractivity contribution in [2.45, 2.75) is 52.1 Å². The lowest BCUT2D eigenvalue weighted by molar-refractivity contribution is -0.140. The first kappa shape index (κ1) is 24.4. The van der Waals surface area contributed by atoms with E-state index in [0.29, 0.717) is 19.6 Å². The zero-order valence-corrected chi connectivity index (χ0v) is 21.0. The van der Waals surface area contributed by atoms with Crippen LogP contribution in [0.15, 0.2) is 59.8 Å². The van der Waals surface area contributed by atoms with Gasteiger partial charge in [0, 0.05) is 18.7 Å². The highest BCUT2D eigenvalue weighted by molar-refractivity contribution is 6.06. The van der Waals surface area contributed by atoms with E-state index in [4.69, 9.17) is 4.74 Å². The number of phenolic OH excluding ortho intramolecular Hbond substituents is 1. The molecule has 1 aromatic carbocycles. The summed E-state index contributed by atoms with van der Waals surface area (Å²) >= 11 is 0. The second-order valence-electron chi connectivity index (χ2n) is 10.0. The third-order valence-electron chi connectivity index (χ3n) is 7.88. The van der Waals surface area contributed by atoms with Gasteiger partial charge in [0.05, 0.1) is 30.2 Å². The summed E-state index contributed by atoms with van der Waals surface area (Å²) < 4.78 is 6.35. The molecule has 3 heterocycles. The van der Waals surface area contributed by atoms with Crippen LogP contribution in [0.2, 0.25) is 0 Å². The summed E-state index contributed by atoms with van der Waals surface area (Å²) in [6.07, 6.45) is 7.74. The number of pyridine rings is 1. The van der Waals surface area contributed by atoms with Crippen molar-refractivity contribution in [1.29, 1.82) is 0 Å². The van der Waals surface area contributed by atoms with Crippen LogP contribution in [0, 0.1) is 17.8 Å². The number of imide groups is 1. The number of allylic oxidation sites excluding steroid dienone is 2. The summed E-state index contributed by atoms with van der Waals surface area (Å²) in [5.74, 6) is -0.258. The van der Waals surface area contributed by atoms with Gasteiger partial charge in [0.25, 0.3) is 0 Å². The molecule has 36 heavy (non-hydrogen) atoms. The number of rotatable bonds is 8. The fourth-order valence-corrected chi connectivity index (χ4v) is 6.21. The zero-order valence-electron chi connectivity index (χ0n) is 21.0. The molecule has 0 unspecified atom stereocenters. The lowest BCUT2D eigenvalue weighted by Crippen LogP contribution is -2.34. The third-order valence-corrected chi connectivity index (χ3v) is 7.88. The number of ether oxygens (including phenoxy) is 1. The smallest absolute Gasteiger partial charge is 0.233 e. The van der Waals surface area contributed by atoms with Crippen molar-refractivity contribution >= 4 is 23.5 Å². The normalized spacial score (nSPS) is 25.9. The first-order chi connectivity index (χ1) is 17.5.